The minimum absolute atomic E-state index is 0.00320. The van der Waals surface area contributed by atoms with Crippen molar-refractivity contribution in [1.29, 1.82) is 0 Å². The molecule has 1 N–H and O–H groups in total. The van der Waals surface area contributed by atoms with Crippen molar-refractivity contribution in [3.63, 3.8) is 0 Å². The Balaban J connectivity index is 1.68. The number of nitrogens with zero attached hydrogens (tertiary/aromatic N) is 2. The van der Waals surface area contributed by atoms with Gasteiger partial charge in [0, 0.05) is 37.3 Å². The molecule has 7 nitrogen and oxygen atoms in total. The van der Waals surface area contributed by atoms with E-state index in [1.807, 2.05) is 23.1 Å². The summed E-state index contributed by atoms with van der Waals surface area (Å²) in [5, 5.41) is 3.16. The van der Waals surface area contributed by atoms with E-state index in [9.17, 15) is 4.79 Å². The highest BCUT2D eigenvalue weighted by atomic mass is 16.5. The third kappa shape index (κ3) is 4.52. The Morgan fingerprint density at radius 2 is 1.96 bits per heavy atom. The van der Waals surface area contributed by atoms with Gasteiger partial charge in [-0.1, -0.05) is 0 Å². The predicted molar refractivity (Wildman–Crippen MR) is 108 cm³/mol. The largest absolute Gasteiger partial charge is 0.497 e. The second kappa shape index (κ2) is 9.01. The Morgan fingerprint density at radius 1 is 1.21 bits per heavy atom. The summed E-state index contributed by atoms with van der Waals surface area (Å²) in [6.07, 6.45) is 1.90. The first-order valence-corrected chi connectivity index (χ1v) is 10.1. The van der Waals surface area contributed by atoms with E-state index in [2.05, 4.69) is 24.1 Å². The molecule has 2 heterocycles. The molecule has 28 heavy (non-hydrogen) atoms. The van der Waals surface area contributed by atoms with Crippen molar-refractivity contribution in [2.45, 2.75) is 38.3 Å². The molecule has 156 valence electrons. The van der Waals surface area contributed by atoms with Crippen LogP contribution in [0.15, 0.2) is 18.2 Å². The molecule has 3 rings (SSSR count). The van der Waals surface area contributed by atoms with E-state index < -0.39 is 0 Å². The van der Waals surface area contributed by atoms with Gasteiger partial charge in [0.15, 0.2) is 0 Å². The normalized spacial score (nSPS) is 20.9. The molecule has 0 bridgehead atoms. The third-order valence-corrected chi connectivity index (χ3v) is 5.85. The molecule has 0 spiro atoms. The number of rotatable bonds is 6. The molecule has 1 aromatic rings. The summed E-state index contributed by atoms with van der Waals surface area (Å²) in [6, 6.07) is 5.74. The molecule has 7 heteroatoms. The summed E-state index contributed by atoms with van der Waals surface area (Å²) in [5.41, 5.74) is 0.893. The van der Waals surface area contributed by atoms with Crippen LogP contribution >= 0.6 is 0 Å². The first-order chi connectivity index (χ1) is 13.5. The van der Waals surface area contributed by atoms with Gasteiger partial charge < -0.3 is 24.4 Å². The van der Waals surface area contributed by atoms with Gasteiger partial charge in [-0.15, -0.1) is 0 Å². The molecular formula is C21H33N3O4. The van der Waals surface area contributed by atoms with Gasteiger partial charge in [0.05, 0.1) is 33.5 Å². The summed E-state index contributed by atoms with van der Waals surface area (Å²) in [6.45, 7) is 8.99. The van der Waals surface area contributed by atoms with Gasteiger partial charge in [-0.2, -0.15) is 0 Å². The molecule has 1 unspecified atom stereocenters. The van der Waals surface area contributed by atoms with E-state index in [4.69, 9.17) is 14.2 Å². The number of carbonyl (C=O) groups is 1. The van der Waals surface area contributed by atoms with E-state index in [-0.39, 0.29) is 17.6 Å². The van der Waals surface area contributed by atoms with Crippen LogP contribution in [0.3, 0.4) is 0 Å². The lowest BCUT2D eigenvalue weighted by Gasteiger charge is -2.41. The van der Waals surface area contributed by atoms with Gasteiger partial charge in [0.2, 0.25) is 0 Å². The molecule has 2 saturated heterocycles. The van der Waals surface area contributed by atoms with Crippen LogP contribution in [0, 0.1) is 0 Å². The number of methoxy groups -OCH3 is 2. The fourth-order valence-electron chi connectivity index (χ4n) is 4.11. The third-order valence-electron chi connectivity index (χ3n) is 5.85. The van der Waals surface area contributed by atoms with E-state index in [0.29, 0.717) is 6.54 Å². The maximum Gasteiger partial charge on any atom is 0.317 e. The van der Waals surface area contributed by atoms with E-state index in [1.165, 1.54) is 0 Å². The molecule has 2 aliphatic heterocycles. The first kappa shape index (κ1) is 20.7. The minimum Gasteiger partial charge on any atom is -0.497 e. The molecule has 0 aliphatic carbocycles. The maximum atomic E-state index is 13.0. The monoisotopic (exact) mass is 391 g/mol. The SMILES string of the molecule is COc1ccc(OC)c(C2CCCN2C(=O)NCC(C)(C)N2CCOCC2)c1. The molecule has 2 fully saturated rings. The van der Waals surface area contributed by atoms with Gasteiger partial charge in [-0.25, -0.2) is 4.79 Å². The lowest BCUT2D eigenvalue weighted by Crippen LogP contribution is -2.56. The number of morpholine rings is 1. The highest BCUT2D eigenvalue weighted by Crippen LogP contribution is 2.38. The van der Waals surface area contributed by atoms with Crippen molar-refractivity contribution in [2.75, 3.05) is 53.6 Å². The van der Waals surface area contributed by atoms with Crippen molar-refractivity contribution in [3.8, 4) is 11.5 Å². The van der Waals surface area contributed by atoms with Crippen molar-refractivity contribution < 1.29 is 19.0 Å². The number of likely N-dealkylation sites (tertiary alicyclic amines) is 1. The quantitative estimate of drug-likeness (QED) is 0.808. The van der Waals surface area contributed by atoms with Crippen LogP contribution in [0.2, 0.25) is 0 Å². The van der Waals surface area contributed by atoms with Crippen LogP contribution in [-0.2, 0) is 4.74 Å². The van der Waals surface area contributed by atoms with Crippen molar-refractivity contribution in [2.24, 2.45) is 0 Å². The lowest BCUT2D eigenvalue weighted by atomic mass is 10.0. The Bertz CT molecular complexity index is 674. The summed E-state index contributed by atoms with van der Waals surface area (Å²) in [4.78, 5) is 17.3. The number of amides is 2. The molecule has 1 aromatic carbocycles. The average molecular weight is 392 g/mol. The van der Waals surface area contributed by atoms with Crippen LogP contribution in [-0.4, -0.2) is 75.0 Å². The second-order valence-corrected chi connectivity index (χ2v) is 8.03. The van der Waals surface area contributed by atoms with Gasteiger partial charge in [-0.3, -0.25) is 4.90 Å². The number of hydrogen-bond acceptors (Lipinski definition) is 5. The zero-order valence-electron chi connectivity index (χ0n) is 17.5. The van der Waals surface area contributed by atoms with E-state index in [0.717, 1.165) is 62.8 Å². The standard InChI is InChI=1S/C21H33N3O4/c1-21(2,23-10-12-28-13-11-23)15-22-20(25)24-9-5-6-18(24)17-14-16(26-3)7-8-19(17)27-4/h7-8,14,18H,5-6,9-13,15H2,1-4H3,(H,22,25). The van der Waals surface area contributed by atoms with Gasteiger partial charge in [0.25, 0.3) is 0 Å². The van der Waals surface area contributed by atoms with Crippen LogP contribution in [0.5, 0.6) is 11.5 Å². The molecule has 0 radical (unpaired) electrons. The zero-order chi connectivity index (χ0) is 20.1. The predicted octanol–water partition coefficient (Wildman–Crippen LogP) is 2.66. The fraction of sp³-hybridized carbons (Fsp3) is 0.667. The number of hydrogen-bond donors (Lipinski definition) is 1. The minimum atomic E-state index is -0.109. The first-order valence-electron chi connectivity index (χ1n) is 10.1. The van der Waals surface area contributed by atoms with Gasteiger partial charge in [0.1, 0.15) is 11.5 Å². The molecular weight excluding hydrogens is 358 g/mol. The Kier molecular flexibility index (Phi) is 6.67. The summed E-state index contributed by atoms with van der Waals surface area (Å²) in [5.74, 6) is 1.57. The number of urea groups is 1. The summed E-state index contributed by atoms with van der Waals surface area (Å²) in [7, 11) is 3.31. The Morgan fingerprint density at radius 3 is 2.64 bits per heavy atom. The van der Waals surface area contributed by atoms with Crippen LogP contribution < -0.4 is 14.8 Å². The van der Waals surface area contributed by atoms with Crippen LogP contribution in [0.4, 0.5) is 4.79 Å². The summed E-state index contributed by atoms with van der Waals surface area (Å²) < 4.78 is 16.4. The highest BCUT2D eigenvalue weighted by molar-refractivity contribution is 5.75. The molecule has 0 aromatic heterocycles. The molecule has 1 atom stereocenters. The smallest absolute Gasteiger partial charge is 0.317 e. The van der Waals surface area contributed by atoms with Crippen molar-refractivity contribution in [3.05, 3.63) is 23.8 Å². The molecule has 0 saturated carbocycles. The fourth-order valence-corrected chi connectivity index (χ4v) is 4.11. The zero-order valence-corrected chi connectivity index (χ0v) is 17.5. The average Bonchev–Trinajstić information content (AvgIpc) is 3.22. The number of nitrogens with one attached hydrogen (secondary N) is 1. The summed E-state index contributed by atoms with van der Waals surface area (Å²) >= 11 is 0. The second-order valence-electron chi connectivity index (χ2n) is 8.03. The number of benzene rings is 1. The van der Waals surface area contributed by atoms with E-state index in [1.54, 1.807) is 14.2 Å². The van der Waals surface area contributed by atoms with Gasteiger partial charge >= 0.3 is 6.03 Å². The molecule has 2 amide bonds. The van der Waals surface area contributed by atoms with E-state index >= 15 is 0 Å². The topological polar surface area (TPSA) is 63.3 Å². The lowest BCUT2D eigenvalue weighted by molar-refractivity contribution is -0.00908. The van der Waals surface area contributed by atoms with Crippen molar-refractivity contribution >= 4 is 6.03 Å². The molecule has 2 aliphatic rings. The van der Waals surface area contributed by atoms with Gasteiger partial charge in [-0.05, 0) is 44.9 Å². The van der Waals surface area contributed by atoms with Crippen molar-refractivity contribution in [1.82, 2.24) is 15.1 Å². The number of carbonyl (C=O) groups excluding carboxylic acids is 1. The maximum absolute atomic E-state index is 13.0. The Labute approximate surface area is 167 Å². The highest BCUT2D eigenvalue weighted by Gasteiger charge is 2.34. The number of ether oxygens (including phenoxy) is 3. The van der Waals surface area contributed by atoms with Crippen LogP contribution in [0.25, 0.3) is 0 Å². The van der Waals surface area contributed by atoms with Crippen LogP contribution in [0.1, 0.15) is 38.3 Å². The Hall–Kier alpha value is -1.99.